The highest BCUT2D eigenvalue weighted by molar-refractivity contribution is 5.95. The highest BCUT2D eigenvalue weighted by Crippen LogP contribution is 2.23. The molecule has 0 bridgehead atoms. The summed E-state index contributed by atoms with van der Waals surface area (Å²) in [5.41, 5.74) is 4.59. The molecule has 0 aliphatic heterocycles. The Morgan fingerprint density at radius 2 is 1.79 bits per heavy atom. The first-order chi connectivity index (χ1) is 11.4. The van der Waals surface area contributed by atoms with E-state index >= 15 is 0 Å². The average molecular weight is 320 g/mol. The number of fused-ring (bicyclic) bond motifs is 1. The van der Waals surface area contributed by atoms with Crippen LogP contribution >= 0.6 is 0 Å². The molecule has 0 saturated carbocycles. The lowest BCUT2D eigenvalue weighted by atomic mass is 9.98. The molecule has 0 saturated heterocycles. The van der Waals surface area contributed by atoms with Crippen molar-refractivity contribution in [2.45, 2.75) is 13.8 Å². The molecular weight excluding hydrogens is 300 g/mol. The maximum atomic E-state index is 13.0. The predicted octanol–water partition coefficient (Wildman–Crippen LogP) is 3.51. The molecule has 1 aromatic heterocycles. The first-order valence-corrected chi connectivity index (χ1v) is 7.84. The number of benzene rings is 2. The third kappa shape index (κ3) is 2.71. The molecule has 0 unspecified atom stereocenters. The molecule has 1 heterocycles. The molecule has 4 nitrogen and oxygen atoms in total. The summed E-state index contributed by atoms with van der Waals surface area (Å²) in [5, 5.41) is 0.667. The molecule has 0 aliphatic rings. The van der Waals surface area contributed by atoms with Crippen LogP contribution < -0.4 is 5.43 Å². The van der Waals surface area contributed by atoms with Crippen LogP contribution in [0.2, 0.25) is 0 Å². The van der Waals surface area contributed by atoms with E-state index in [4.69, 9.17) is 0 Å². The molecule has 0 aliphatic carbocycles. The highest BCUT2D eigenvalue weighted by atomic mass is 16.2. The number of carbonyl (C=O) groups is 1. The van der Waals surface area contributed by atoms with Gasteiger partial charge in [0.2, 0.25) is 0 Å². The van der Waals surface area contributed by atoms with Crippen LogP contribution in [0.15, 0.2) is 47.3 Å². The van der Waals surface area contributed by atoms with Gasteiger partial charge in [-0.05, 0) is 43.7 Å². The van der Waals surface area contributed by atoms with E-state index in [1.54, 1.807) is 26.2 Å². The first kappa shape index (κ1) is 16.0. The van der Waals surface area contributed by atoms with E-state index in [0.29, 0.717) is 16.5 Å². The number of nitrogens with one attached hydrogen (secondary N) is 1. The summed E-state index contributed by atoms with van der Waals surface area (Å²) in [6, 6.07) is 13.0. The number of nitrogens with zero attached hydrogens (tertiary/aromatic N) is 1. The van der Waals surface area contributed by atoms with Crippen molar-refractivity contribution in [3.8, 4) is 11.1 Å². The zero-order valence-corrected chi connectivity index (χ0v) is 14.3. The van der Waals surface area contributed by atoms with Gasteiger partial charge in [0.05, 0.1) is 0 Å². The van der Waals surface area contributed by atoms with Crippen molar-refractivity contribution in [1.82, 2.24) is 9.88 Å². The van der Waals surface area contributed by atoms with Gasteiger partial charge in [-0.2, -0.15) is 0 Å². The Hall–Kier alpha value is -2.88. The van der Waals surface area contributed by atoms with Crippen LogP contribution in [0.4, 0.5) is 0 Å². The lowest BCUT2D eigenvalue weighted by Crippen LogP contribution is -2.21. The Kier molecular flexibility index (Phi) is 3.97. The van der Waals surface area contributed by atoms with Gasteiger partial charge in [-0.1, -0.05) is 23.8 Å². The summed E-state index contributed by atoms with van der Waals surface area (Å²) in [4.78, 5) is 30.0. The molecule has 1 amide bonds. The average Bonchev–Trinajstić information content (AvgIpc) is 2.55. The SMILES string of the molecule is Cc1ccc2[nH]c(C)c(-c3cccc(C(=O)N(C)C)c3)c(=O)c2c1. The number of H-pyrrole nitrogens is 1. The van der Waals surface area contributed by atoms with Crippen LogP contribution in [0, 0.1) is 13.8 Å². The smallest absolute Gasteiger partial charge is 0.253 e. The van der Waals surface area contributed by atoms with Crippen LogP contribution in [0.5, 0.6) is 0 Å². The molecule has 3 aromatic rings. The number of pyridine rings is 1. The van der Waals surface area contributed by atoms with E-state index in [-0.39, 0.29) is 11.3 Å². The fraction of sp³-hybridized carbons (Fsp3) is 0.200. The van der Waals surface area contributed by atoms with Crippen molar-refractivity contribution >= 4 is 16.8 Å². The number of rotatable bonds is 2. The van der Waals surface area contributed by atoms with E-state index in [2.05, 4.69) is 4.98 Å². The Morgan fingerprint density at radius 3 is 2.50 bits per heavy atom. The summed E-state index contributed by atoms with van der Waals surface area (Å²) in [6.45, 7) is 3.85. The van der Waals surface area contributed by atoms with E-state index in [1.165, 1.54) is 4.90 Å². The minimum atomic E-state index is -0.0810. The number of aromatic amines is 1. The van der Waals surface area contributed by atoms with E-state index in [0.717, 1.165) is 22.3 Å². The predicted molar refractivity (Wildman–Crippen MR) is 97.5 cm³/mol. The molecule has 0 fully saturated rings. The molecule has 24 heavy (non-hydrogen) atoms. The normalized spacial score (nSPS) is 10.8. The van der Waals surface area contributed by atoms with Crippen LogP contribution in [0.3, 0.4) is 0 Å². The van der Waals surface area contributed by atoms with Gasteiger partial charge in [0, 0.05) is 41.8 Å². The summed E-state index contributed by atoms with van der Waals surface area (Å²) < 4.78 is 0. The van der Waals surface area contributed by atoms with Crippen molar-refractivity contribution in [2.24, 2.45) is 0 Å². The number of aryl methyl sites for hydroxylation is 2. The second-order valence-corrected chi connectivity index (χ2v) is 6.28. The van der Waals surface area contributed by atoms with Gasteiger partial charge < -0.3 is 9.88 Å². The van der Waals surface area contributed by atoms with Gasteiger partial charge in [0.25, 0.3) is 5.91 Å². The van der Waals surface area contributed by atoms with Crippen molar-refractivity contribution in [1.29, 1.82) is 0 Å². The maximum absolute atomic E-state index is 13.0. The zero-order chi connectivity index (χ0) is 17.4. The molecular formula is C20H20N2O2. The highest BCUT2D eigenvalue weighted by Gasteiger charge is 2.14. The van der Waals surface area contributed by atoms with Crippen molar-refractivity contribution < 1.29 is 4.79 Å². The van der Waals surface area contributed by atoms with E-state index < -0.39 is 0 Å². The van der Waals surface area contributed by atoms with Crippen LogP contribution in [-0.4, -0.2) is 29.9 Å². The van der Waals surface area contributed by atoms with Gasteiger partial charge in [0.1, 0.15) is 0 Å². The molecule has 2 aromatic carbocycles. The lowest BCUT2D eigenvalue weighted by Gasteiger charge is -2.13. The summed E-state index contributed by atoms with van der Waals surface area (Å²) in [7, 11) is 3.43. The van der Waals surface area contributed by atoms with Crippen LogP contribution in [0.25, 0.3) is 22.0 Å². The standard InChI is InChI=1S/C20H20N2O2/c1-12-8-9-17-16(10-12)19(23)18(13(2)21-17)14-6-5-7-15(11-14)20(24)22(3)4/h5-11H,1-4H3,(H,21,23). The summed E-state index contributed by atoms with van der Waals surface area (Å²) in [6.07, 6.45) is 0. The third-order valence-electron chi connectivity index (χ3n) is 4.15. The quantitative estimate of drug-likeness (QED) is 0.785. The number of hydrogen-bond acceptors (Lipinski definition) is 2. The van der Waals surface area contributed by atoms with Gasteiger partial charge in [-0.3, -0.25) is 9.59 Å². The van der Waals surface area contributed by atoms with Crippen LogP contribution in [0.1, 0.15) is 21.6 Å². The molecule has 1 N–H and O–H groups in total. The van der Waals surface area contributed by atoms with Gasteiger partial charge in [-0.25, -0.2) is 0 Å². The second kappa shape index (κ2) is 5.96. The lowest BCUT2D eigenvalue weighted by molar-refractivity contribution is 0.0827. The monoisotopic (exact) mass is 320 g/mol. The fourth-order valence-electron chi connectivity index (χ4n) is 2.94. The molecule has 0 atom stereocenters. The number of hydrogen-bond donors (Lipinski definition) is 1. The Bertz CT molecular complexity index is 1000. The van der Waals surface area contributed by atoms with Crippen molar-refractivity contribution in [3.05, 3.63) is 69.5 Å². The fourth-order valence-corrected chi connectivity index (χ4v) is 2.94. The minimum absolute atomic E-state index is 0.0144. The zero-order valence-electron chi connectivity index (χ0n) is 14.3. The van der Waals surface area contributed by atoms with E-state index in [9.17, 15) is 9.59 Å². The number of aromatic nitrogens is 1. The number of amides is 1. The molecule has 122 valence electrons. The Labute approximate surface area is 140 Å². The van der Waals surface area contributed by atoms with Gasteiger partial charge in [0.15, 0.2) is 5.43 Å². The molecule has 0 spiro atoms. The minimum Gasteiger partial charge on any atom is -0.358 e. The topological polar surface area (TPSA) is 53.2 Å². The Morgan fingerprint density at radius 1 is 1.04 bits per heavy atom. The summed E-state index contributed by atoms with van der Waals surface area (Å²) >= 11 is 0. The third-order valence-corrected chi connectivity index (χ3v) is 4.15. The second-order valence-electron chi connectivity index (χ2n) is 6.28. The van der Waals surface area contributed by atoms with Crippen molar-refractivity contribution in [3.63, 3.8) is 0 Å². The van der Waals surface area contributed by atoms with Crippen LogP contribution in [-0.2, 0) is 0 Å². The largest absolute Gasteiger partial charge is 0.358 e. The molecule has 4 heteroatoms. The van der Waals surface area contributed by atoms with Gasteiger partial charge >= 0.3 is 0 Å². The first-order valence-electron chi connectivity index (χ1n) is 7.84. The maximum Gasteiger partial charge on any atom is 0.253 e. The summed E-state index contributed by atoms with van der Waals surface area (Å²) in [5.74, 6) is -0.0810. The molecule has 0 radical (unpaired) electrons. The Balaban J connectivity index is 2.25. The number of carbonyl (C=O) groups excluding carboxylic acids is 1. The molecule has 3 rings (SSSR count). The van der Waals surface area contributed by atoms with E-state index in [1.807, 2.05) is 44.2 Å². The van der Waals surface area contributed by atoms with Gasteiger partial charge in [-0.15, -0.1) is 0 Å². The van der Waals surface area contributed by atoms with Crippen molar-refractivity contribution in [2.75, 3.05) is 14.1 Å².